The predicted molar refractivity (Wildman–Crippen MR) is 114 cm³/mol. The predicted octanol–water partition coefficient (Wildman–Crippen LogP) is 2.64. The number of hydrogen-bond acceptors (Lipinski definition) is 7. The summed E-state index contributed by atoms with van der Waals surface area (Å²) in [6.45, 7) is 1.41. The molecule has 0 spiro atoms. The van der Waals surface area contributed by atoms with E-state index in [0.717, 1.165) is 12.1 Å². The van der Waals surface area contributed by atoms with E-state index in [4.69, 9.17) is 4.74 Å². The number of aliphatic hydroxyl groups excluding tert-OH is 1. The molecule has 0 radical (unpaired) electrons. The van der Waals surface area contributed by atoms with Crippen molar-refractivity contribution in [2.75, 3.05) is 0 Å². The van der Waals surface area contributed by atoms with Crippen LogP contribution in [0.25, 0.3) is 0 Å². The summed E-state index contributed by atoms with van der Waals surface area (Å²) in [7, 11) is 0. The number of hydrogen-bond donors (Lipinski definition) is 4. The van der Waals surface area contributed by atoms with Crippen LogP contribution in [0, 0.1) is 0 Å². The van der Waals surface area contributed by atoms with Crippen molar-refractivity contribution in [3.05, 3.63) is 65.5 Å². The summed E-state index contributed by atoms with van der Waals surface area (Å²) in [5.74, 6) is -1.30. The summed E-state index contributed by atoms with van der Waals surface area (Å²) in [5, 5.41) is 20.9. The maximum Gasteiger partial charge on any atom is 0.419 e. The first-order chi connectivity index (χ1) is 16.6. The van der Waals surface area contributed by atoms with Crippen molar-refractivity contribution in [2.45, 2.75) is 44.1 Å². The number of nitrogens with zero attached hydrogens (tertiary/aromatic N) is 3. The second-order valence-electron chi connectivity index (χ2n) is 8.07. The van der Waals surface area contributed by atoms with Crippen LogP contribution in [0.3, 0.4) is 0 Å². The minimum absolute atomic E-state index is 0.00415. The van der Waals surface area contributed by atoms with Gasteiger partial charge in [-0.25, -0.2) is 4.98 Å². The van der Waals surface area contributed by atoms with Gasteiger partial charge in [-0.15, -0.1) is 0 Å². The molecule has 2 aromatic heterocycles. The van der Waals surface area contributed by atoms with E-state index in [1.807, 2.05) is 0 Å². The number of carbonyl (C=O) groups excluding carboxylic acids is 2. The first-order valence-corrected chi connectivity index (χ1v) is 10.6. The maximum atomic E-state index is 13.4. The number of aromatic amines is 1. The zero-order valence-electron chi connectivity index (χ0n) is 18.4. The van der Waals surface area contributed by atoms with Gasteiger partial charge in [0.1, 0.15) is 23.4 Å². The van der Waals surface area contributed by atoms with Gasteiger partial charge in [0.15, 0.2) is 0 Å². The van der Waals surface area contributed by atoms with Crippen molar-refractivity contribution < 1.29 is 32.6 Å². The Morgan fingerprint density at radius 3 is 2.57 bits per heavy atom. The van der Waals surface area contributed by atoms with Gasteiger partial charge in [0.05, 0.1) is 30.1 Å². The van der Waals surface area contributed by atoms with Crippen LogP contribution in [0.1, 0.15) is 53.3 Å². The van der Waals surface area contributed by atoms with Gasteiger partial charge in [-0.1, -0.05) is 6.07 Å². The van der Waals surface area contributed by atoms with E-state index in [1.165, 1.54) is 37.6 Å². The zero-order valence-corrected chi connectivity index (χ0v) is 18.4. The van der Waals surface area contributed by atoms with E-state index < -0.39 is 35.0 Å². The Kier molecular flexibility index (Phi) is 6.43. The summed E-state index contributed by atoms with van der Waals surface area (Å²) in [6, 6.07) is 6.25. The third-order valence-corrected chi connectivity index (χ3v) is 5.41. The van der Waals surface area contributed by atoms with E-state index in [1.54, 1.807) is 0 Å². The van der Waals surface area contributed by atoms with Gasteiger partial charge in [-0.2, -0.15) is 18.3 Å². The number of alkyl halides is 3. The minimum Gasteiger partial charge on any atom is -0.455 e. The van der Waals surface area contributed by atoms with E-state index >= 15 is 0 Å². The lowest BCUT2D eigenvalue weighted by molar-refractivity contribution is -0.138. The largest absolute Gasteiger partial charge is 0.455 e. The number of rotatable bonds is 8. The molecule has 10 nitrogen and oxygen atoms in total. The third kappa shape index (κ3) is 5.57. The molecule has 4 rings (SSSR count). The molecule has 0 saturated heterocycles. The molecular weight excluding hydrogens is 469 g/mol. The van der Waals surface area contributed by atoms with Crippen LogP contribution in [-0.2, 0) is 17.5 Å². The summed E-state index contributed by atoms with van der Waals surface area (Å²) in [4.78, 5) is 32.6. The molecule has 1 saturated carbocycles. The average Bonchev–Trinajstić information content (AvgIpc) is 3.38. The lowest BCUT2D eigenvalue weighted by Gasteiger charge is -2.17. The molecule has 4 N–H and O–H groups in total. The fourth-order valence-corrected chi connectivity index (χ4v) is 3.29. The van der Waals surface area contributed by atoms with E-state index in [9.17, 15) is 27.9 Å². The summed E-state index contributed by atoms with van der Waals surface area (Å²) < 4.78 is 45.7. The molecule has 35 heavy (non-hydrogen) atoms. The number of ether oxygens (including phenoxy) is 1. The molecular formula is C22H21F3N6O4. The molecule has 1 atom stereocenters. The smallest absolute Gasteiger partial charge is 0.419 e. The topological polar surface area (TPSA) is 142 Å². The van der Waals surface area contributed by atoms with Crippen LogP contribution in [0.5, 0.6) is 11.5 Å². The number of nitrogens with one attached hydrogen (secondary N) is 3. The van der Waals surface area contributed by atoms with Gasteiger partial charge >= 0.3 is 6.18 Å². The van der Waals surface area contributed by atoms with Gasteiger partial charge in [-0.3, -0.25) is 19.7 Å². The van der Waals surface area contributed by atoms with Crippen LogP contribution < -0.4 is 15.4 Å². The average molecular weight is 490 g/mol. The van der Waals surface area contributed by atoms with Gasteiger partial charge in [0.25, 0.3) is 5.91 Å². The van der Waals surface area contributed by atoms with Crippen molar-refractivity contribution in [2.24, 2.45) is 0 Å². The molecule has 2 amide bonds. The minimum atomic E-state index is -4.68. The number of carbonyl (C=O) groups is 2. The summed E-state index contributed by atoms with van der Waals surface area (Å²) in [6.07, 6.45) is -2.39. The van der Waals surface area contributed by atoms with Crippen molar-refractivity contribution in [1.82, 2.24) is 30.8 Å². The first kappa shape index (κ1) is 24.1. The highest BCUT2D eigenvalue weighted by Crippen LogP contribution is 2.39. The lowest BCUT2D eigenvalue weighted by atomic mass is 10.1. The number of H-pyrrole nitrogens is 1. The summed E-state index contributed by atoms with van der Waals surface area (Å²) >= 11 is 0. The monoisotopic (exact) mass is 490 g/mol. The highest BCUT2D eigenvalue weighted by atomic mass is 19.4. The van der Waals surface area contributed by atoms with E-state index in [2.05, 4.69) is 30.8 Å². The first-order valence-electron chi connectivity index (χ1n) is 10.6. The molecule has 1 fully saturated rings. The van der Waals surface area contributed by atoms with Crippen LogP contribution >= 0.6 is 0 Å². The highest BCUT2D eigenvalue weighted by Gasteiger charge is 2.51. The number of halogens is 3. The Bertz CT molecular complexity index is 1210. The highest BCUT2D eigenvalue weighted by molar-refractivity contribution is 5.98. The normalized spacial score (nSPS) is 15.2. The quantitative estimate of drug-likeness (QED) is 0.380. The van der Waals surface area contributed by atoms with Crippen molar-refractivity contribution in [3.63, 3.8) is 0 Å². The fraction of sp³-hybridized carbons (Fsp3) is 0.318. The van der Waals surface area contributed by atoms with Crippen molar-refractivity contribution in [3.8, 4) is 11.5 Å². The number of aromatic nitrogens is 4. The Morgan fingerprint density at radius 2 is 2.00 bits per heavy atom. The third-order valence-electron chi connectivity index (χ3n) is 5.41. The molecule has 2 heterocycles. The zero-order chi connectivity index (χ0) is 25.2. The van der Waals surface area contributed by atoms with Gasteiger partial charge < -0.3 is 20.5 Å². The lowest BCUT2D eigenvalue weighted by Crippen LogP contribution is -2.49. The number of pyridine rings is 1. The van der Waals surface area contributed by atoms with Crippen LogP contribution in [0.4, 0.5) is 13.2 Å². The van der Waals surface area contributed by atoms with E-state index in [-0.39, 0.29) is 29.6 Å². The Labute approximate surface area is 196 Å². The standard InChI is InChI=1S/C22H21F3N6O4/c1-12(32)13-2-5-17(16(8-13)22(23,24)25)35-15-4-3-14(26-10-15)9-27-20(34)21(6-7-21)30-19(33)18-28-11-29-31-18/h2-5,8,10-12,32H,6-7,9H2,1H3,(H,27,34)(H,30,33)(H,28,29,31). The number of benzene rings is 1. The molecule has 1 aliphatic carbocycles. The molecule has 1 aromatic carbocycles. The molecule has 13 heteroatoms. The van der Waals surface area contributed by atoms with Crippen molar-refractivity contribution >= 4 is 11.8 Å². The van der Waals surface area contributed by atoms with Crippen molar-refractivity contribution in [1.29, 1.82) is 0 Å². The Hall–Kier alpha value is -4.00. The van der Waals surface area contributed by atoms with Gasteiger partial charge in [0.2, 0.25) is 11.7 Å². The Morgan fingerprint density at radius 1 is 1.23 bits per heavy atom. The number of amides is 2. The molecule has 1 aliphatic rings. The summed E-state index contributed by atoms with van der Waals surface area (Å²) in [5.41, 5.74) is -1.50. The number of aliphatic hydroxyl groups is 1. The molecule has 0 aliphatic heterocycles. The molecule has 3 aromatic rings. The fourth-order valence-electron chi connectivity index (χ4n) is 3.29. The van der Waals surface area contributed by atoms with Crippen LogP contribution in [0.2, 0.25) is 0 Å². The molecule has 184 valence electrons. The SMILES string of the molecule is CC(O)c1ccc(Oc2ccc(CNC(=O)C3(NC(=O)c4ncn[nH]4)CC3)nc2)c(C(F)(F)F)c1. The second kappa shape index (κ2) is 9.33. The molecule has 0 bridgehead atoms. The Balaban J connectivity index is 1.37. The van der Waals surface area contributed by atoms with Gasteiger partial charge in [0, 0.05) is 0 Å². The van der Waals surface area contributed by atoms with Crippen LogP contribution in [0.15, 0.2) is 42.9 Å². The van der Waals surface area contributed by atoms with Crippen LogP contribution in [-0.4, -0.2) is 42.6 Å². The maximum absolute atomic E-state index is 13.4. The van der Waals surface area contributed by atoms with E-state index in [0.29, 0.717) is 18.5 Å². The van der Waals surface area contributed by atoms with Gasteiger partial charge in [-0.05, 0) is 49.6 Å². The second-order valence-corrected chi connectivity index (χ2v) is 8.07. The molecule has 1 unspecified atom stereocenters.